The first-order chi connectivity index (χ1) is 13.7. The van der Waals surface area contributed by atoms with Crippen LogP contribution < -0.4 is 16.0 Å². The van der Waals surface area contributed by atoms with Crippen LogP contribution in [0.15, 0.2) is 46.6 Å². The molecule has 6 nitrogen and oxygen atoms in total. The van der Waals surface area contributed by atoms with Crippen LogP contribution in [-0.4, -0.2) is 18.3 Å². The number of allylic oxidation sites excluding steroid dienone is 1. The van der Waals surface area contributed by atoms with Crippen molar-refractivity contribution < 1.29 is 22.6 Å². The number of ether oxygens (including phenoxy) is 2. The fourth-order valence-corrected chi connectivity index (χ4v) is 3.34. The van der Waals surface area contributed by atoms with E-state index in [0.717, 1.165) is 12.1 Å². The number of halogens is 3. The van der Waals surface area contributed by atoms with Crippen molar-refractivity contribution in [2.45, 2.75) is 25.6 Å². The Morgan fingerprint density at radius 1 is 1.31 bits per heavy atom. The van der Waals surface area contributed by atoms with Crippen LogP contribution in [0.2, 0.25) is 0 Å². The number of benzene rings is 1. The van der Waals surface area contributed by atoms with E-state index in [0.29, 0.717) is 11.3 Å². The molecule has 0 bridgehead atoms. The summed E-state index contributed by atoms with van der Waals surface area (Å²) in [6.07, 6.45) is -4.50. The molecule has 0 spiro atoms. The van der Waals surface area contributed by atoms with Gasteiger partial charge < -0.3 is 19.8 Å². The highest BCUT2D eigenvalue weighted by atomic mass is 19.4. The number of pyridine rings is 1. The van der Waals surface area contributed by atoms with Gasteiger partial charge in [-0.1, -0.05) is 12.1 Å². The van der Waals surface area contributed by atoms with Gasteiger partial charge in [0, 0.05) is 25.4 Å². The average molecular weight is 405 g/mol. The second-order valence-corrected chi connectivity index (χ2v) is 6.56. The number of aromatic nitrogens is 1. The first-order valence-corrected chi connectivity index (χ1v) is 8.67. The van der Waals surface area contributed by atoms with Crippen LogP contribution in [-0.2, 0) is 17.5 Å². The summed E-state index contributed by atoms with van der Waals surface area (Å²) in [5.74, 6) is -0.936. The zero-order valence-electron chi connectivity index (χ0n) is 15.7. The van der Waals surface area contributed by atoms with Crippen molar-refractivity contribution in [3.63, 3.8) is 0 Å². The summed E-state index contributed by atoms with van der Waals surface area (Å²) in [5.41, 5.74) is 5.69. The molecule has 2 aromatic rings. The number of fused-ring (bicyclic) bond motifs is 1. The van der Waals surface area contributed by atoms with Gasteiger partial charge in [0.25, 0.3) is 5.56 Å². The van der Waals surface area contributed by atoms with E-state index in [1.54, 1.807) is 13.0 Å². The molecule has 0 saturated heterocycles. The summed E-state index contributed by atoms with van der Waals surface area (Å²) in [5, 5.41) is 9.58. The van der Waals surface area contributed by atoms with Gasteiger partial charge in [0.05, 0.1) is 23.7 Å². The molecule has 1 aromatic carbocycles. The summed E-state index contributed by atoms with van der Waals surface area (Å²) < 4.78 is 50.8. The summed E-state index contributed by atoms with van der Waals surface area (Å²) in [6, 6.07) is 7.85. The number of hydrogen-bond acceptors (Lipinski definition) is 5. The molecular weight excluding hydrogens is 387 g/mol. The highest BCUT2D eigenvalue weighted by Gasteiger charge is 2.35. The molecule has 29 heavy (non-hydrogen) atoms. The zero-order valence-corrected chi connectivity index (χ0v) is 15.7. The summed E-state index contributed by atoms with van der Waals surface area (Å²) >= 11 is 0. The van der Waals surface area contributed by atoms with E-state index < -0.39 is 23.2 Å². The molecule has 3 rings (SSSR count). The van der Waals surface area contributed by atoms with Gasteiger partial charge in [-0.15, -0.1) is 0 Å². The number of alkyl halides is 3. The molecule has 0 amide bonds. The minimum absolute atomic E-state index is 0.0310. The molecule has 1 aliphatic rings. The first kappa shape index (κ1) is 20.5. The van der Waals surface area contributed by atoms with Gasteiger partial charge >= 0.3 is 6.18 Å². The Kier molecular flexibility index (Phi) is 5.40. The maximum Gasteiger partial charge on any atom is 0.416 e. The number of aryl methyl sites for hydroxylation is 1. The number of nitrogens with zero attached hydrogens (tertiary/aromatic N) is 2. The van der Waals surface area contributed by atoms with Crippen molar-refractivity contribution in [3.8, 4) is 11.8 Å². The third kappa shape index (κ3) is 3.71. The molecule has 0 aliphatic carbocycles. The van der Waals surface area contributed by atoms with Crippen LogP contribution >= 0.6 is 0 Å². The monoisotopic (exact) mass is 405 g/mol. The van der Waals surface area contributed by atoms with Crippen LogP contribution in [0.5, 0.6) is 5.75 Å². The fraction of sp³-hybridized carbons (Fsp3) is 0.300. The highest BCUT2D eigenvalue weighted by Crippen LogP contribution is 2.41. The second kappa shape index (κ2) is 7.64. The largest absolute Gasteiger partial charge is 0.440 e. The number of nitrogens with two attached hydrogens (primary N) is 1. The maximum absolute atomic E-state index is 13.2. The van der Waals surface area contributed by atoms with Crippen LogP contribution in [0.25, 0.3) is 0 Å². The quantitative estimate of drug-likeness (QED) is 0.845. The van der Waals surface area contributed by atoms with Crippen LogP contribution in [0, 0.1) is 18.3 Å². The van der Waals surface area contributed by atoms with Crippen LogP contribution in [0.1, 0.15) is 28.3 Å². The fourth-order valence-electron chi connectivity index (χ4n) is 3.34. The van der Waals surface area contributed by atoms with Gasteiger partial charge in [-0.05, 0) is 24.6 Å². The third-order valence-corrected chi connectivity index (χ3v) is 4.78. The molecule has 1 aliphatic heterocycles. The van der Waals surface area contributed by atoms with Gasteiger partial charge in [0.1, 0.15) is 17.4 Å². The molecular formula is C20H18F3N3O3. The van der Waals surface area contributed by atoms with Crippen molar-refractivity contribution in [3.05, 3.63) is 74.5 Å². The lowest BCUT2D eigenvalue weighted by atomic mass is 9.83. The Balaban J connectivity index is 2.21. The van der Waals surface area contributed by atoms with Gasteiger partial charge in [0.2, 0.25) is 5.88 Å². The van der Waals surface area contributed by atoms with Crippen molar-refractivity contribution in [2.75, 3.05) is 13.7 Å². The predicted octanol–water partition coefficient (Wildman–Crippen LogP) is 3.04. The standard InChI is InChI=1S/C20H18F3N3O3/c1-11-9-15-17(19(27)26(11)7-8-28-2)16(14(10-24)18(25)29-15)12-3-5-13(6-4-12)20(21,22)23/h3-6,9,16H,7-8,25H2,1-2H3/t16-/m0/s1. The van der Waals surface area contributed by atoms with Gasteiger partial charge in [-0.25, -0.2) is 0 Å². The van der Waals surface area contributed by atoms with E-state index in [-0.39, 0.29) is 35.9 Å². The molecule has 0 saturated carbocycles. The van der Waals surface area contributed by atoms with Crippen LogP contribution in [0.3, 0.4) is 0 Å². The Morgan fingerprint density at radius 3 is 2.52 bits per heavy atom. The van der Waals surface area contributed by atoms with Crippen molar-refractivity contribution in [1.82, 2.24) is 4.57 Å². The maximum atomic E-state index is 13.2. The normalized spacial score (nSPS) is 16.2. The molecule has 1 aromatic heterocycles. The lowest BCUT2D eigenvalue weighted by molar-refractivity contribution is -0.137. The lowest BCUT2D eigenvalue weighted by Crippen LogP contribution is -2.33. The van der Waals surface area contributed by atoms with Gasteiger partial charge in [-0.2, -0.15) is 18.4 Å². The number of rotatable bonds is 4. The predicted molar refractivity (Wildman–Crippen MR) is 98.1 cm³/mol. The first-order valence-electron chi connectivity index (χ1n) is 8.67. The third-order valence-electron chi connectivity index (χ3n) is 4.78. The zero-order chi connectivity index (χ0) is 21.3. The molecule has 9 heteroatoms. The minimum Gasteiger partial charge on any atom is -0.440 e. The molecule has 1 atom stereocenters. The van der Waals surface area contributed by atoms with Crippen LogP contribution in [0.4, 0.5) is 13.2 Å². The summed E-state index contributed by atoms with van der Waals surface area (Å²) in [4.78, 5) is 13.2. The van der Waals surface area contributed by atoms with E-state index in [4.69, 9.17) is 15.2 Å². The summed E-state index contributed by atoms with van der Waals surface area (Å²) in [7, 11) is 1.50. The number of hydrogen-bond donors (Lipinski definition) is 1. The van der Waals surface area contributed by atoms with Gasteiger partial charge in [-0.3, -0.25) is 4.79 Å². The minimum atomic E-state index is -4.50. The Labute approximate surface area is 164 Å². The number of methoxy groups -OCH3 is 1. The second-order valence-electron chi connectivity index (χ2n) is 6.56. The van der Waals surface area contributed by atoms with E-state index in [1.165, 1.54) is 23.8 Å². The Morgan fingerprint density at radius 2 is 1.97 bits per heavy atom. The van der Waals surface area contributed by atoms with E-state index in [2.05, 4.69) is 0 Å². The molecule has 2 heterocycles. The number of nitriles is 1. The Bertz CT molecular complexity index is 1060. The van der Waals surface area contributed by atoms with E-state index >= 15 is 0 Å². The topological polar surface area (TPSA) is 90.3 Å². The highest BCUT2D eigenvalue weighted by molar-refractivity contribution is 5.55. The van der Waals surface area contributed by atoms with E-state index in [1.807, 2.05) is 6.07 Å². The average Bonchev–Trinajstić information content (AvgIpc) is 2.66. The van der Waals surface area contributed by atoms with Crippen molar-refractivity contribution >= 4 is 0 Å². The Hall–Kier alpha value is -3.25. The molecule has 0 radical (unpaired) electrons. The van der Waals surface area contributed by atoms with E-state index in [9.17, 15) is 23.2 Å². The van der Waals surface area contributed by atoms with Crippen molar-refractivity contribution in [1.29, 1.82) is 5.26 Å². The summed E-state index contributed by atoms with van der Waals surface area (Å²) in [6.45, 7) is 2.28. The SMILES string of the molecule is COCCn1c(C)cc2c(c1=O)[C@@H](c1ccc(C(F)(F)F)cc1)C(C#N)=C(N)O2. The van der Waals surface area contributed by atoms with Crippen molar-refractivity contribution in [2.24, 2.45) is 5.73 Å². The van der Waals surface area contributed by atoms with Gasteiger partial charge in [0.15, 0.2) is 0 Å². The molecule has 152 valence electrons. The smallest absolute Gasteiger partial charge is 0.416 e. The lowest BCUT2D eigenvalue weighted by Gasteiger charge is -2.27. The molecule has 0 fully saturated rings. The molecule has 0 unspecified atom stereocenters. The molecule has 2 N–H and O–H groups in total.